The van der Waals surface area contributed by atoms with Gasteiger partial charge >= 0.3 is 6.18 Å². The van der Waals surface area contributed by atoms with Gasteiger partial charge in [0.25, 0.3) is 10.0 Å². The smallest absolute Gasteiger partial charge is 0.416 e. The third-order valence-electron chi connectivity index (χ3n) is 9.40. The maximum atomic E-state index is 16.1. The predicted molar refractivity (Wildman–Crippen MR) is 192 cm³/mol. The first-order valence-electron chi connectivity index (χ1n) is 16.7. The maximum Gasteiger partial charge on any atom is 0.416 e. The number of halogens is 5. The molecule has 0 aliphatic heterocycles. The molecule has 1 fully saturated rings. The molecule has 5 aromatic rings. The zero-order chi connectivity index (χ0) is 37.8. The topological polar surface area (TPSA) is 90.9 Å². The Bertz CT molecular complexity index is 2140. The molecule has 1 aromatic heterocycles. The highest BCUT2D eigenvalue weighted by molar-refractivity contribution is 7.92. The van der Waals surface area contributed by atoms with Crippen LogP contribution in [0.3, 0.4) is 0 Å². The van der Waals surface area contributed by atoms with Crippen LogP contribution < -0.4 is 18.5 Å². The highest BCUT2D eigenvalue weighted by atomic mass is 35.5. The second-order valence-corrected chi connectivity index (χ2v) is 14.9. The highest BCUT2D eigenvalue weighted by Gasteiger charge is 2.37. The minimum Gasteiger partial charge on any atom is -0.497 e. The van der Waals surface area contributed by atoms with Gasteiger partial charge in [-0.25, -0.2) is 27.1 Å². The SMILES string of the molecule is COc1ccc(CN(c2ccncn2)S(=O)(=O)c2cc(Cl)c(O[C@H]3CC[C@H](c4cccc(C(F)(F)F)c4)C[C@H]3Cc3ccccc3)cc2F)c(OC)c1. The molecule has 1 aliphatic rings. The Morgan fingerprint density at radius 1 is 0.906 bits per heavy atom. The minimum atomic E-state index is -4.64. The van der Waals surface area contributed by atoms with Crippen molar-refractivity contribution in [1.82, 2.24) is 9.97 Å². The first kappa shape index (κ1) is 37.9. The molecule has 0 amide bonds. The Balaban J connectivity index is 1.29. The fourth-order valence-electron chi connectivity index (χ4n) is 6.73. The quantitative estimate of drug-likeness (QED) is 0.117. The van der Waals surface area contributed by atoms with Gasteiger partial charge in [-0.15, -0.1) is 0 Å². The number of nitrogens with zero attached hydrogens (tertiary/aromatic N) is 3. The number of anilines is 1. The molecular weight excluding hydrogens is 734 g/mol. The van der Waals surface area contributed by atoms with Crippen molar-refractivity contribution in [2.24, 2.45) is 5.92 Å². The molecule has 1 aliphatic carbocycles. The zero-order valence-electron chi connectivity index (χ0n) is 28.8. The Morgan fingerprint density at radius 2 is 1.70 bits per heavy atom. The minimum absolute atomic E-state index is 0.0185. The molecule has 6 rings (SSSR count). The summed E-state index contributed by atoms with van der Waals surface area (Å²) in [4.78, 5) is 7.31. The van der Waals surface area contributed by atoms with Gasteiger partial charge in [0.1, 0.15) is 46.2 Å². The zero-order valence-corrected chi connectivity index (χ0v) is 30.3. The maximum absolute atomic E-state index is 16.1. The second-order valence-electron chi connectivity index (χ2n) is 12.7. The summed E-state index contributed by atoms with van der Waals surface area (Å²) < 4.78 is 103. The molecule has 0 N–H and O–H groups in total. The van der Waals surface area contributed by atoms with E-state index in [1.807, 2.05) is 30.3 Å². The van der Waals surface area contributed by atoms with Crippen molar-refractivity contribution in [3.05, 3.63) is 137 Å². The van der Waals surface area contributed by atoms with E-state index in [9.17, 15) is 21.6 Å². The van der Waals surface area contributed by atoms with Crippen molar-refractivity contribution in [1.29, 1.82) is 0 Å². The molecule has 1 heterocycles. The summed E-state index contributed by atoms with van der Waals surface area (Å²) in [5.74, 6) is -0.672. The molecule has 0 unspecified atom stereocenters. The number of methoxy groups -OCH3 is 2. The molecule has 0 radical (unpaired) electrons. The lowest BCUT2D eigenvalue weighted by Crippen LogP contribution is -2.35. The highest BCUT2D eigenvalue weighted by Crippen LogP contribution is 2.43. The van der Waals surface area contributed by atoms with Crippen molar-refractivity contribution >= 4 is 27.4 Å². The number of aromatic nitrogens is 2. The van der Waals surface area contributed by atoms with Gasteiger partial charge in [0.05, 0.1) is 31.4 Å². The Labute approximate surface area is 310 Å². The molecule has 4 aromatic carbocycles. The van der Waals surface area contributed by atoms with Gasteiger partial charge in [-0.3, -0.25) is 0 Å². The summed E-state index contributed by atoms with van der Waals surface area (Å²) in [7, 11) is -1.72. The number of hydrogen-bond donors (Lipinski definition) is 0. The van der Waals surface area contributed by atoms with Gasteiger partial charge in [0.2, 0.25) is 0 Å². The fourth-order valence-corrected chi connectivity index (χ4v) is 8.48. The van der Waals surface area contributed by atoms with Gasteiger partial charge in [0.15, 0.2) is 0 Å². The standard InChI is InChI=1S/C39H36ClF4N3O5S/c1-50-31-13-11-28(35(20-31)51-2)23-47(38-15-16-45-24-46-38)53(48,49)37-21-32(40)36(22-33(37)41)52-34-14-12-27(18-29(34)17-25-7-4-3-5-8-25)26-9-6-10-30(19-26)39(42,43)44/h3-11,13,15-16,19-22,24,27,29,34H,12,14,17-18,23H2,1-2H3/t27-,29+,34-/m0/s1. The van der Waals surface area contributed by atoms with Crippen LogP contribution in [0.2, 0.25) is 5.02 Å². The van der Waals surface area contributed by atoms with E-state index < -0.39 is 38.6 Å². The Morgan fingerprint density at radius 3 is 2.40 bits per heavy atom. The van der Waals surface area contributed by atoms with Crippen LogP contribution in [-0.4, -0.2) is 38.7 Å². The average molecular weight is 770 g/mol. The lowest BCUT2D eigenvalue weighted by atomic mass is 9.74. The molecule has 0 bridgehead atoms. The molecule has 3 atom stereocenters. The molecule has 14 heteroatoms. The van der Waals surface area contributed by atoms with Gasteiger partial charge < -0.3 is 14.2 Å². The van der Waals surface area contributed by atoms with Crippen LogP contribution in [0.1, 0.15) is 47.4 Å². The van der Waals surface area contributed by atoms with Gasteiger partial charge in [-0.1, -0.05) is 60.1 Å². The Hall–Kier alpha value is -4.88. The molecule has 0 saturated heterocycles. The summed E-state index contributed by atoms with van der Waals surface area (Å²) >= 11 is 6.67. The van der Waals surface area contributed by atoms with Crippen molar-refractivity contribution in [2.75, 3.05) is 18.5 Å². The van der Waals surface area contributed by atoms with E-state index in [1.165, 1.54) is 44.9 Å². The number of alkyl halides is 3. The van der Waals surface area contributed by atoms with Crippen LogP contribution in [0, 0.1) is 11.7 Å². The number of hydrogen-bond acceptors (Lipinski definition) is 7. The van der Waals surface area contributed by atoms with Gasteiger partial charge in [-0.05, 0) is 67.0 Å². The van der Waals surface area contributed by atoms with Crippen molar-refractivity contribution < 1.29 is 40.2 Å². The summed E-state index contributed by atoms with van der Waals surface area (Å²) in [6.07, 6.45) is -0.382. The predicted octanol–water partition coefficient (Wildman–Crippen LogP) is 9.27. The molecule has 53 heavy (non-hydrogen) atoms. The number of ether oxygens (including phenoxy) is 3. The van der Waals surface area contributed by atoms with E-state index in [2.05, 4.69) is 9.97 Å². The molecule has 0 spiro atoms. The monoisotopic (exact) mass is 769 g/mol. The number of benzene rings is 4. The second kappa shape index (κ2) is 16.0. The largest absolute Gasteiger partial charge is 0.497 e. The van der Waals surface area contributed by atoms with E-state index in [0.717, 1.165) is 28.1 Å². The average Bonchev–Trinajstić information content (AvgIpc) is 3.16. The first-order chi connectivity index (χ1) is 25.4. The van der Waals surface area contributed by atoms with Crippen LogP contribution in [0.25, 0.3) is 0 Å². The van der Waals surface area contributed by atoms with Gasteiger partial charge in [0, 0.05) is 35.9 Å². The van der Waals surface area contributed by atoms with E-state index >= 15 is 4.39 Å². The molecule has 8 nitrogen and oxygen atoms in total. The third-order valence-corrected chi connectivity index (χ3v) is 11.5. The lowest BCUT2D eigenvalue weighted by molar-refractivity contribution is -0.137. The summed E-state index contributed by atoms with van der Waals surface area (Å²) in [5, 5.41) is -0.131. The first-order valence-corrected chi connectivity index (χ1v) is 18.6. The van der Waals surface area contributed by atoms with E-state index in [-0.39, 0.29) is 35.0 Å². The molecule has 278 valence electrons. The van der Waals surface area contributed by atoms with Crippen LogP contribution in [0.4, 0.5) is 23.4 Å². The Kier molecular flexibility index (Phi) is 11.4. The van der Waals surface area contributed by atoms with E-state index in [0.29, 0.717) is 48.3 Å². The van der Waals surface area contributed by atoms with E-state index in [4.69, 9.17) is 25.8 Å². The number of sulfonamides is 1. The third kappa shape index (κ3) is 8.68. The van der Waals surface area contributed by atoms with Crippen LogP contribution in [0.15, 0.2) is 108 Å². The summed E-state index contributed by atoms with van der Waals surface area (Å²) in [6, 6.07) is 23.2. The van der Waals surface area contributed by atoms with Crippen molar-refractivity contribution in [3.63, 3.8) is 0 Å². The number of rotatable bonds is 12. The van der Waals surface area contributed by atoms with Crippen molar-refractivity contribution in [3.8, 4) is 17.2 Å². The van der Waals surface area contributed by atoms with Crippen LogP contribution in [-0.2, 0) is 29.2 Å². The molecular formula is C39H36ClF4N3O5S. The molecule has 1 saturated carbocycles. The van der Waals surface area contributed by atoms with E-state index in [1.54, 1.807) is 24.3 Å². The van der Waals surface area contributed by atoms with Crippen LogP contribution >= 0.6 is 11.6 Å². The van der Waals surface area contributed by atoms with Crippen LogP contribution in [0.5, 0.6) is 17.2 Å². The van der Waals surface area contributed by atoms with Gasteiger partial charge in [-0.2, -0.15) is 13.2 Å². The lowest BCUT2D eigenvalue weighted by Gasteiger charge is -2.37. The summed E-state index contributed by atoms with van der Waals surface area (Å²) in [6.45, 7) is -0.280. The normalized spacial score (nSPS) is 17.6. The summed E-state index contributed by atoms with van der Waals surface area (Å²) in [5.41, 5.74) is 1.35. The van der Waals surface area contributed by atoms with Crippen molar-refractivity contribution in [2.45, 2.75) is 55.3 Å². The fraction of sp³-hybridized carbons (Fsp3) is 0.282.